The first-order valence-corrected chi connectivity index (χ1v) is 7.40. The van der Waals surface area contributed by atoms with Crippen LogP contribution in [0.4, 0.5) is 0 Å². The Morgan fingerprint density at radius 3 is 2.11 bits per heavy atom. The van der Waals surface area contributed by atoms with E-state index in [9.17, 15) is 5.11 Å². The van der Waals surface area contributed by atoms with E-state index in [-0.39, 0.29) is 28.6 Å². The van der Waals surface area contributed by atoms with Crippen LogP contribution in [0, 0.1) is 11.3 Å². The average Bonchev–Trinajstić information content (AvgIpc) is 2.40. The molecular weight excluding hydrogens is 240 g/mol. The number of hydrogen-bond acceptors (Lipinski definition) is 3. The SMILES string of the molecule is CCOC(C(O)C1CC(C)(C)OC1(C)C)C(C)(C)C. The fraction of sp³-hybridized carbons (Fsp3) is 1.00. The van der Waals surface area contributed by atoms with E-state index in [0.29, 0.717) is 6.61 Å². The van der Waals surface area contributed by atoms with Crippen molar-refractivity contribution in [2.75, 3.05) is 6.61 Å². The minimum atomic E-state index is -0.503. The zero-order valence-corrected chi connectivity index (χ0v) is 13.9. The van der Waals surface area contributed by atoms with Crippen LogP contribution in [0.25, 0.3) is 0 Å². The van der Waals surface area contributed by atoms with Crippen molar-refractivity contribution < 1.29 is 14.6 Å². The Bertz CT molecular complexity index is 302. The second kappa shape index (κ2) is 5.34. The predicted molar refractivity (Wildman–Crippen MR) is 78.2 cm³/mol. The Morgan fingerprint density at radius 2 is 1.79 bits per heavy atom. The Labute approximate surface area is 118 Å². The third-order valence-electron chi connectivity index (χ3n) is 4.07. The molecule has 0 aliphatic carbocycles. The highest BCUT2D eigenvalue weighted by atomic mass is 16.5. The highest BCUT2D eigenvalue weighted by Crippen LogP contribution is 2.46. The summed E-state index contributed by atoms with van der Waals surface area (Å²) in [5.74, 6) is 0.0956. The molecule has 0 radical (unpaired) electrons. The highest BCUT2D eigenvalue weighted by Gasteiger charge is 2.52. The van der Waals surface area contributed by atoms with E-state index >= 15 is 0 Å². The van der Waals surface area contributed by atoms with Gasteiger partial charge in [-0.25, -0.2) is 0 Å². The lowest BCUT2D eigenvalue weighted by Crippen LogP contribution is -2.48. The molecule has 114 valence electrons. The zero-order chi connectivity index (χ0) is 15.1. The molecular formula is C16H32O3. The molecule has 3 unspecified atom stereocenters. The molecule has 1 aliphatic heterocycles. The molecule has 1 N–H and O–H groups in total. The molecule has 0 aromatic rings. The second-order valence-electron chi connectivity index (χ2n) is 8.01. The van der Waals surface area contributed by atoms with Gasteiger partial charge in [0, 0.05) is 12.5 Å². The van der Waals surface area contributed by atoms with Gasteiger partial charge in [0.25, 0.3) is 0 Å². The van der Waals surface area contributed by atoms with Crippen molar-refractivity contribution in [1.82, 2.24) is 0 Å². The summed E-state index contributed by atoms with van der Waals surface area (Å²) in [7, 11) is 0. The molecule has 0 amide bonds. The first kappa shape index (κ1) is 16.9. The van der Waals surface area contributed by atoms with Crippen LogP contribution in [-0.4, -0.2) is 35.1 Å². The summed E-state index contributed by atoms with van der Waals surface area (Å²) in [5.41, 5.74) is -0.578. The minimum Gasteiger partial charge on any atom is -0.390 e. The van der Waals surface area contributed by atoms with Crippen LogP contribution >= 0.6 is 0 Å². The van der Waals surface area contributed by atoms with Crippen molar-refractivity contribution in [2.45, 2.75) is 85.2 Å². The van der Waals surface area contributed by atoms with E-state index < -0.39 is 6.10 Å². The highest BCUT2D eigenvalue weighted by molar-refractivity contribution is 5.00. The van der Waals surface area contributed by atoms with E-state index in [0.717, 1.165) is 6.42 Å². The summed E-state index contributed by atoms with van der Waals surface area (Å²) in [6.07, 6.45) is 0.192. The van der Waals surface area contributed by atoms with Crippen LogP contribution in [0.2, 0.25) is 0 Å². The summed E-state index contributed by atoms with van der Waals surface area (Å²) in [6.45, 7) is 17.3. The number of aliphatic hydroxyl groups excluding tert-OH is 1. The molecule has 19 heavy (non-hydrogen) atoms. The fourth-order valence-electron chi connectivity index (χ4n) is 3.39. The van der Waals surface area contributed by atoms with Gasteiger partial charge in [0.1, 0.15) is 0 Å². The summed E-state index contributed by atoms with van der Waals surface area (Å²) < 4.78 is 11.9. The number of ether oxygens (including phenoxy) is 2. The smallest absolute Gasteiger partial charge is 0.0885 e. The van der Waals surface area contributed by atoms with Crippen molar-refractivity contribution in [2.24, 2.45) is 11.3 Å². The van der Waals surface area contributed by atoms with Gasteiger partial charge in [-0.15, -0.1) is 0 Å². The van der Waals surface area contributed by atoms with Crippen molar-refractivity contribution in [3.8, 4) is 0 Å². The van der Waals surface area contributed by atoms with Crippen molar-refractivity contribution in [3.05, 3.63) is 0 Å². The maximum atomic E-state index is 10.8. The Kier molecular flexibility index (Phi) is 4.76. The summed E-state index contributed by atoms with van der Waals surface area (Å²) >= 11 is 0. The van der Waals surface area contributed by atoms with Gasteiger partial charge in [0.05, 0.1) is 23.4 Å². The lowest BCUT2D eigenvalue weighted by Gasteiger charge is -2.40. The zero-order valence-electron chi connectivity index (χ0n) is 13.9. The molecule has 0 aromatic carbocycles. The van der Waals surface area contributed by atoms with Gasteiger partial charge in [0.2, 0.25) is 0 Å². The molecule has 1 fully saturated rings. The summed E-state index contributed by atoms with van der Waals surface area (Å²) in [6, 6.07) is 0. The number of aliphatic hydroxyl groups is 1. The van der Waals surface area contributed by atoms with Crippen LogP contribution in [-0.2, 0) is 9.47 Å². The van der Waals surface area contributed by atoms with Crippen LogP contribution in [0.1, 0.15) is 61.8 Å². The van der Waals surface area contributed by atoms with E-state index in [1.54, 1.807) is 0 Å². The Hall–Kier alpha value is -0.120. The van der Waals surface area contributed by atoms with Crippen LogP contribution < -0.4 is 0 Å². The first-order valence-electron chi connectivity index (χ1n) is 7.40. The summed E-state index contributed by atoms with van der Waals surface area (Å²) in [5, 5.41) is 10.8. The molecule has 1 aliphatic rings. The molecule has 3 heteroatoms. The average molecular weight is 272 g/mol. The predicted octanol–water partition coefficient (Wildman–Crippen LogP) is 3.39. The van der Waals surface area contributed by atoms with Gasteiger partial charge in [-0.1, -0.05) is 20.8 Å². The maximum Gasteiger partial charge on any atom is 0.0885 e. The third kappa shape index (κ3) is 3.93. The van der Waals surface area contributed by atoms with E-state index in [1.807, 2.05) is 6.92 Å². The maximum absolute atomic E-state index is 10.8. The summed E-state index contributed by atoms with van der Waals surface area (Å²) in [4.78, 5) is 0. The van der Waals surface area contributed by atoms with Crippen molar-refractivity contribution in [1.29, 1.82) is 0 Å². The van der Waals surface area contributed by atoms with Gasteiger partial charge in [-0.05, 0) is 46.5 Å². The van der Waals surface area contributed by atoms with Gasteiger partial charge in [0.15, 0.2) is 0 Å². The van der Waals surface area contributed by atoms with E-state index in [1.165, 1.54) is 0 Å². The molecule has 0 aromatic heterocycles. The Morgan fingerprint density at radius 1 is 1.26 bits per heavy atom. The third-order valence-corrected chi connectivity index (χ3v) is 4.07. The lowest BCUT2D eigenvalue weighted by molar-refractivity contribution is -0.137. The lowest BCUT2D eigenvalue weighted by atomic mass is 9.75. The first-order chi connectivity index (χ1) is 8.41. The van der Waals surface area contributed by atoms with Gasteiger partial charge < -0.3 is 14.6 Å². The van der Waals surface area contributed by atoms with Crippen molar-refractivity contribution >= 4 is 0 Å². The van der Waals surface area contributed by atoms with Gasteiger partial charge in [-0.2, -0.15) is 0 Å². The molecule has 1 rings (SSSR count). The molecule has 0 spiro atoms. The second-order valence-corrected chi connectivity index (χ2v) is 8.01. The van der Waals surface area contributed by atoms with Gasteiger partial charge >= 0.3 is 0 Å². The quantitative estimate of drug-likeness (QED) is 0.852. The largest absolute Gasteiger partial charge is 0.390 e. The van der Waals surface area contributed by atoms with Crippen LogP contribution in [0.3, 0.4) is 0 Å². The molecule has 1 saturated heterocycles. The van der Waals surface area contributed by atoms with Crippen molar-refractivity contribution in [3.63, 3.8) is 0 Å². The van der Waals surface area contributed by atoms with Gasteiger partial charge in [-0.3, -0.25) is 0 Å². The standard InChI is InChI=1S/C16H32O3/c1-9-18-13(14(2,3)4)12(17)11-10-15(5,6)19-16(11,7)8/h11-13,17H,9-10H2,1-8H3. The number of rotatable bonds is 4. The molecule has 1 heterocycles. The van der Waals surface area contributed by atoms with E-state index in [4.69, 9.17) is 9.47 Å². The monoisotopic (exact) mass is 272 g/mol. The fourth-order valence-corrected chi connectivity index (χ4v) is 3.39. The molecule has 0 saturated carbocycles. The van der Waals surface area contributed by atoms with E-state index in [2.05, 4.69) is 48.5 Å². The Balaban J connectivity index is 2.94. The van der Waals surface area contributed by atoms with Crippen LogP contribution in [0.5, 0.6) is 0 Å². The molecule has 3 nitrogen and oxygen atoms in total. The van der Waals surface area contributed by atoms with Crippen LogP contribution in [0.15, 0.2) is 0 Å². The molecule has 0 bridgehead atoms. The normalized spacial score (nSPS) is 29.2. The number of hydrogen-bond donors (Lipinski definition) is 1. The minimum absolute atomic E-state index is 0.0851. The topological polar surface area (TPSA) is 38.7 Å². The molecule has 3 atom stereocenters.